The molecule has 0 unspecified atom stereocenters. The lowest BCUT2D eigenvalue weighted by atomic mass is 10.5. The maximum absolute atomic E-state index is 10.5. The van der Waals surface area contributed by atoms with E-state index in [0.717, 1.165) is 0 Å². The maximum Gasteiger partial charge on any atom is 0.309 e. The standard InChI is InChI=1S/C7H10O3/c1-2-3-6-10-7(9)4-5-8/h8H,4-6H2,1H3. The smallest absolute Gasteiger partial charge is 0.309 e. The fourth-order valence-corrected chi connectivity index (χ4v) is 0.352. The summed E-state index contributed by atoms with van der Waals surface area (Å²) in [6, 6.07) is 0. The fourth-order valence-electron chi connectivity index (χ4n) is 0.352. The van der Waals surface area contributed by atoms with Crippen LogP contribution in [0.2, 0.25) is 0 Å². The summed E-state index contributed by atoms with van der Waals surface area (Å²) in [6.07, 6.45) is 0.0470. The number of ether oxygens (including phenoxy) is 1. The molecule has 0 fully saturated rings. The Bertz CT molecular complexity index is 152. The van der Waals surface area contributed by atoms with E-state index < -0.39 is 5.97 Å². The minimum atomic E-state index is -0.412. The van der Waals surface area contributed by atoms with Crippen molar-refractivity contribution in [2.45, 2.75) is 13.3 Å². The summed E-state index contributed by atoms with van der Waals surface area (Å²) in [6.45, 7) is 1.62. The van der Waals surface area contributed by atoms with Gasteiger partial charge < -0.3 is 9.84 Å². The predicted octanol–water partition coefficient (Wildman–Crippen LogP) is -0.0647. The molecule has 0 amide bonds. The zero-order valence-electron chi connectivity index (χ0n) is 5.89. The summed E-state index contributed by atoms with van der Waals surface area (Å²) in [5.41, 5.74) is 0. The molecule has 0 atom stereocenters. The van der Waals surface area contributed by atoms with Crippen LogP contribution in [0.15, 0.2) is 0 Å². The molecule has 10 heavy (non-hydrogen) atoms. The van der Waals surface area contributed by atoms with Gasteiger partial charge in [0.15, 0.2) is 6.61 Å². The predicted molar refractivity (Wildman–Crippen MR) is 36.1 cm³/mol. The van der Waals surface area contributed by atoms with Crippen LogP contribution in [0.25, 0.3) is 0 Å². The van der Waals surface area contributed by atoms with Gasteiger partial charge in [0, 0.05) is 0 Å². The number of carbonyl (C=O) groups is 1. The molecule has 0 aliphatic rings. The van der Waals surface area contributed by atoms with Gasteiger partial charge in [0.05, 0.1) is 13.0 Å². The highest BCUT2D eigenvalue weighted by Gasteiger charge is 1.97. The van der Waals surface area contributed by atoms with E-state index >= 15 is 0 Å². The number of hydrogen-bond donors (Lipinski definition) is 1. The van der Waals surface area contributed by atoms with Crippen molar-refractivity contribution in [1.29, 1.82) is 0 Å². The number of carbonyl (C=O) groups excluding carboxylic acids is 1. The van der Waals surface area contributed by atoms with Crippen LogP contribution < -0.4 is 0 Å². The second-order valence-corrected chi connectivity index (χ2v) is 1.56. The van der Waals surface area contributed by atoms with Crippen LogP contribution in [0.3, 0.4) is 0 Å². The van der Waals surface area contributed by atoms with Crippen LogP contribution >= 0.6 is 0 Å². The topological polar surface area (TPSA) is 46.5 Å². The van der Waals surface area contributed by atoms with Crippen molar-refractivity contribution in [3.63, 3.8) is 0 Å². The van der Waals surface area contributed by atoms with Crippen molar-refractivity contribution in [3.05, 3.63) is 0 Å². The van der Waals surface area contributed by atoms with Crippen molar-refractivity contribution in [1.82, 2.24) is 0 Å². The summed E-state index contributed by atoms with van der Waals surface area (Å²) >= 11 is 0. The number of aliphatic hydroxyl groups is 1. The van der Waals surface area contributed by atoms with Crippen LogP contribution in [-0.2, 0) is 9.53 Å². The molecule has 0 aromatic carbocycles. The minimum absolute atomic E-state index is 0.0470. The average Bonchev–Trinajstić information content (AvgIpc) is 1.89. The molecular formula is C7H10O3. The number of aliphatic hydroxyl groups excluding tert-OH is 1. The fraction of sp³-hybridized carbons (Fsp3) is 0.571. The SMILES string of the molecule is CC#CCOC(=O)CCO. The number of hydrogen-bond acceptors (Lipinski definition) is 3. The molecule has 0 aliphatic heterocycles. The van der Waals surface area contributed by atoms with Crippen molar-refractivity contribution in [2.24, 2.45) is 0 Å². The van der Waals surface area contributed by atoms with E-state index in [0.29, 0.717) is 0 Å². The molecule has 0 saturated heterocycles. The second kappa shape index (κ2) is 6.12. The van der Waals surface area contributed by atoms with Crippen LogP contribution in [0, 0.1) is 11.8 Å². The Hall–Kier alpha value is -1.01. The van der Waals surface area contributed by atoms with Gasteiger partial charge in [-0.15, -0.1) is 5.92 Å². The molecule has 0 bridgehead atoms. The quantitative estimate of drug-likeness (QED) is 0.443. The monoisotopic (exact) mass is 142 g/mol. The molecule has 0 aromatic rings. The summed E-state index contributed by atoms with van der Waals surface area (Å²) < 4.78 is 4.55. The molecule has 1 N–H and O–H groups in total. The Balaban J connectivity index is 3.27. The Morgan fingerprint density at radius 1 is 1.70 bits per heavy atom. The van der Waals surface area contributed by atoms with E-state index in [1.54, 1.807) is 6.92 Å². The number of rotatable bonds is 3. The lowest BCUT2D eigenvalue weighted by Gasteiger charge is -1.95. The first kappa shape index (κ1) is 8.99. The van der Waals surface area contributed by atoms with E-state index in [1.165, 1.54) is 0 Å². The summed E-state index contributed by atoms with van der Waals surface area (Å²) in [4.78, 5) is 10.5. The molecule has 3 heteroatoms. The minimum Gasteiger partial charge on any atom is -0.452 e. The van der Waals surface area contributed by atoms with Crippen LogP contribution in [0.5, 0.6) is 0 Å². The molecular weight excluding hydrogens is 132 g/mol. The van der Waals surface area contributed by atoms with E-state index in [-0.39, 0.29) is 19.6 Å². The lowest BCUT2D eigenvalue weighted by molar-refractivity contribution is -0.142. The highest BCUT2D eigenvalue weighted by molar-refractivity contribution is 5.69. The highest BCUT2D eigenvalue weighted by Crippen LogP contribution is 1.82. The highest BCUT2D eigenvalue weighted by atomic mass is 16.5. The van der Waals surface area contributed by atoms with E-state index in [2.05, 4.69) is 16.6 Å². The molecule has 0 saturated carbocycles. The third-order valence-corrected chi connectivity index (χ3v) is 0.798. The van der Waals surface area contributed by atoms with Crippen molar-refractivity contribution in [2.75, 3.05) is 13.2 Å². The van der Waals surface area contributed by atoms with E-state index in [4.69, 9.17) is 5.11 Å². The molecule has 56 valence electrons. The van der Waals surface area contributed by atoms with Gasteiger partial charge in [0.25, 0.3) is 0 Å². The third kappa shape index (κ3) is 5.13. The third-order valence-electron chi connectivity index (χ3n) is 0.798. The van der Waals surface area contributed by atoms with Crippen molar-refractivity contribution >= 4 is 5.97 Å². The second-order valence-electron chi connectivity index (χ2n) is 1.56. The Morgan fingerprint density at radius 3 is 2.90 bits per heavy atom. The first-order valence-corrected chi connectivity index (χ1v) is 2.97. The molecule has 0 radical (unpaired) electrons. The number of esters is 1. The summed E-state index contributed by atoms with van der Waals surface area (Å²) in [5, 5.41) is 8.26. The van der Waals surface area contributed by atoms with Crippen LogP contribution in [0.4, 0.5) is 0 Å². The maximum atomic E-state index is 10.5. The molecule has 0 aromatic heterocycles. The normalized spacial score (nSPS) is 7.80. The van der Waals surface area contributed by atoms with E-state index in [1.807, 2.05) is 0 Å². The lowest BCUT2D eigenvalue weighted by Crippen LogP contribution is -2.06. The van der Waals surface area contributed by atoms with Gasteiger partial charge in [-0.2, -0.15) is 0 Å². The van der Waals surface area contributed by atoms with Gasteiger partial charge in [0.1, 0.15) is 0 Å². The molecule has 3 nitrogen and oxygen atoms in total. The van der Waals surface area contributed by atoms with Gasteiger partial charge in [-0.3, -0.25) is 4.79 Å². The average molecular weight is 142 g/mol. The van der Waals surface area contributed by atoms with Crippen molar-refractivity contribution < 1.29 is 14.6 Å². The van der Waals surface area contributed by atoms with Crippen LogP contribution in [0.1, 0.15) is 13.3 Å². The van der Waals surface area contributed by atoms with Crippen LogP contribution in [-0.4, -0.2) is 24.3 Å². The molecule has 0 aliphatic carbocycles. The summed E-state index contributed by atoms with van der Waals surface area (Å²) in [5.74, 6) is 4.73. The van der Waals surface area contributed by atoms with Gasteiger partial charge in [-0.1, -0.05) is 5.92 Å². The largest absolute Gasteiger partial charge is 0.452 e. The van der Waals surface area contributed by atoms with Crippen molar-refractivity contribution in [3.8, 4) is 11.8 Å². The Morgan fingerprint density at radius 2 is 2.40 bits per heavy atom. The molecule has 0 heterocycles. The summed E-state index contributed by atoms with van der Waals surface area (Å²) in [7, 11) is 0. The zero-order chi connectivity index (χ0) is 7.82. The molecule has 0 spiro atoms. The van der Waals surface area contributed by atoms with Gasteiger partial charge >= 0.3 is 5.97 Å². The Kier molecular flexibility index (Phi) is 5.50. The zero-order valence-corrected chi connectivity index (χ0v) is 5.89. The Labute approximate surface area is 60.0 Å². The van der Waals surface area contributed by atoms with Gasteiger partial charge in [0.2, 0.25) is 0 Å². The first-order valence-electron chi connectivity index (χ1n) is 2.97. The molecule has 0 rings (SSSR count). The van der Waals surface area contributed by atoms with Gasteiger partial charge in [-0.25, -0.2) is 0 Å². The first-order chi connectivity index (χ1) is 4.81. The van der Waals surface area contributed by atoms with E-state index in [9.17, 15) is 4.79 Å². The van der Waals surface area contributed by atoms with Gasteiger partial charge in [-0.05, 0) is 6.92 Å².